The Bertz CT molecular complexity index is 4250. The standard InChI is InChI=1S/C59H34N4O2/c1-2-12-41(13-3-1)63-50-18-8-6-15-45(50)49-32-37(26-30-51(49)63)44-17-10-20-53-56(44)48-29-25-40(34-55(48)65-53)59-61-57(38-23-27-43-36(31-38)22-21-35-11-4-5-14-42(35)43)60-58(62-59)39-24-28-47-46-16-7-9-19-52(46)64-54(47)33-39/h1-34H. The molecule has 0 aliphatic carbocycles. The van der Waals surface area contributed by atoms with Gasteiger partial charge in [-0.1, -0.05) is 133 Å². The number of nitrogens with zero attached hydrogens (tertiary/aromatic N) is 4. The highest BCUT2D eigenvalue weighted by Gasteiger charge is 2.20. The quantitative estimate of drug-likeness (QED) is 0.162. The number of fused-ring (bicyclic) bond motifs is 12. The predicted molar refractivity (Wildman–Crippen MR) is 265 cm³/mol. The second-order valence-corrected chi connectivity index (χ2v) is 16.7. The molecule has 0 bridgehead atoms. The van der Waals surface area contributed by atoms with Gasteiger partial charge in [-0.05, 0) is 105 Å². The maximum Gasteiger partial charge on any atom is 0.164 e. The maximum absolute atomic E-state index is 6.70. The Balaban J connectivity index is 0.920. The summed E-state index contributed by atoms with van der Waals surface area (Å²) in [5, 5.41) is 11.4. The molecule has 0 radical (unpaired) electrons. The average Bonchev–Trinajstić information content (AvgIpc) is 4.05. The van der Waals surface area contributed by atoms with Gasteiger partial charge in [0.25, 0.3) is 0 Å². The van der Waals surface area contributed by atoms with Gasteiger partial charge in [0.2, 0.25) is 0 Å². The molecule has 6 nitrogen and oxygen atoms in total. The summed E-state index contributed by atoms with van der Waals surface area (Å²) in [5.41, 5.74) is 11.5. The van der Waals surface area contributed by atoms with Crippen molar-refractivity contribution in [3.63, 3.8) is 0 Å². The summed E-state index contributed by atoms with van der Waals surface area (Å²) in [7, 11) is 0. The van der Waals surface area contributed by atoms with Crippen molar-refractivity contribution in [1.82, 2.24) is 19.5 Å². The summed E-state index contributed by atoms with van der Waals surface area (Å²) in [6.45, 7) is 0. The van der Waals surface area contributed by atoms with E-state index in [1.807, 2.05) is 24.3 Å². The first-order valence-corrected chi connectivity index (χ1v) is 21.8. The second-order valence-electron chi connectivity index (χ2n) is 16.7. The van der Waals surface area contributed by atoms with Crippen molar-refractivity contribution in [2.24, 2.45) is 0 Å². The third-order valence-corrected chi connectivity index (χ3v) is 13.0. The van der Waals surface area contributed by atoms with Crippen molar-refractivity contribution >= 4 is 87.2 Å². The number of hydrogen-bond acceptors (Lipinski definition) is 5. The summed E-state index contributed by atoms with van der Waals surface area (Å²) in [5.74, 6) is 1.69. The largest absolute Gasteiger partial charge is 0.456 e. The van der Waals surface area contributed by atoms with Gasteiger partial charge in [0.05, 0.1) is 11.0 Å². The van der Waals surface area contributed by atoms with Gasteiger partial charge in [-0.2, -0.15) is 0 Å². The smallest absolute Gasteiger partial charge is 0.164 e. The third kappa shape index (κ3) is 5.57. The highest BCUT2D eigenvalue weighted by molar-refractivity contribution is 6.16. The highest BCUT2D eigenvalue weighted by atomic mass is 16.3. The Morgan fingerprint density at radius 2 is 0.862 bits per heavy atom. The van der Waals surface area contributed by atoms with Crippen LogP contribution in [0.5, 0.6) is 0 Å². The molecular weight excluding hydrogens is 797 g/mol. The lowest BCUT2D eigenvalue weighted by Gasteiger charge is -2.10. The third-order valence-electron chi connectivity index (χ3n) is 13.0. The van der Waals surface area contributed by atoms with Crippen LogP contribution < -0.4 is 0 Å². The van der Waals surface area contributed by atoms with Crippen molar-refractivity contribution in [3.8, 4) is 51.0 Å². The van der Waals surface area contributed by atoms with Gasteiger partial charge in [0.1, 0.15) is 22.3 Å². The van der Waals surface area contributed by atoms with Crippen LogP contribution in [-0.4, -0.2) is 19.5 Å². The number of furan rings is 2. The Hall–Kier alpha value is -8.87. The number of para-hydroxylation sites is 3. The van der Waals surface area contributed by atoms with Crippen LogP contribution in [0, 0.1) is 0 Å². The van der Waals surface area contributed by atoms with Crippen molar-refractivity contribution in [3.05, 3.63) is 206 Å². The molecule has 0 aliphatic rings. The van der Waals surface area contributed by atoms with Crippen molar-refractivity contribution in [2.75, 3.05) is 0 Å². The van der Waals surface area contributed by atoms with Gasteiger partial charge in [-0.15, -0.1) is 0 Å². The molecule has 10 aromatic carbocycles. The van der Waals surface area contributed by atoms with Gasteiger partial charge in [-0.3, -0.25) is 0 Å². The molecule has 0 spiro atoms. The van der Waals surface area contributed by atoms with E-state index in [-0.39, 0.29) is 0 Å². The summed E-state index contributed by atoms with van der Waals surface area (Å²) in [4.78, 5) is 15.5. The molecule has 4 heterocycles. The zero-order valence-corrected chi connectivity index (χ0v) is 34.7. The molecule has 65 heavy (non-hydrogen) atoms. The van der Waals surface area contributed by atoms with E-state index in [1.165, 1.54) is 38.0 Å². The monoisotopic (exact) mass is 830 g/mol. The predicted octanol–water partition coefficient (Wildman–Crippen LogP) is 15.7. The normalized spacial score (nSPS) is 12.0. The molecule has 0 aliphatic heterocycles. The Labute approximate surface area is 371 Å². The van der Waals surface area contributed by atoms with Crippen LogP contribution in [0.25, 0.3) is 138 Å². The Morgan fingerprint density at radius 1 is 0.308 bits per heavy atom. The van der Waals surface area contributed by atoms with Crippen LogP contribution in [-0.2, 0) is 0 Å². The minimum atomic E-state index is 0.552. The first-order chi connectivity index (χ1) is 32.2. The molecule has 0 amide bonds. The lowest BCUT2D eigenvalue weighted by atomic mass is 9.97. The fraction of sp³-hybridized carbons (Fsp3) is 0. The fourth-order valence-electron chi connectivity index (χ4n) is 9.98. The molecule has 0 unspecified atom stereocenters. The summed E-state index contributed by atoms with van der Waals surface area (Å²) >= 11 is 0. The number of aromatic nitrogens is 4. The van der Waals surface area contributed by atoms with Gasteiger partial charge < -0.3 is 13.4 Å². The molecule has 14 aromatic rings. The van der Waals surface area contributed by atoms with E-state index >= 15 is 0 Å². The first-order valence-electron chi connectivity index (χ1n) is 21.8. The summed E-state index contributed by atoms with van der Waals surface area (Å²) in [6.07, 6.45) is 0. The molecule has 302 valence electrons. The van der Waals surface area contributed by atoms with E-state index in [2.05, 4.69) is 187 Å². The minimum Gasteiger partial charge on any atom is -0.456 e. The molecule has 0 atom stereocenters. The van der Waals surface area contributed by atoms with Crippen LogP contribution in [0.15, 0.2) is 215 Å². The summed E-state index contributed by atoms with van der Waals surface area (Å²) < 4.78 is 15.4. The molecule has 0 saturated carbocycles. The summed E-state index contributed by atoms with van der Waals surface area (Å²) in [6, 6.07) is 72.2. The van der Waals surface area contributed by atoms with Gasteiger partial charge in [0.15, 0.2) is 17.5 Å². The average molecular weight is 831 g/mol. The molecule has 4 aromatic heterocycles. The van der Waals surface area contributed by atoms with E-state index in [1.54, 1.807) is 0 Å². The topological polar surface area (TPSA) is 69.9 Å². The molecular formula is C59H34N4O2. The minimum absolute atomic E-state index is 0.552. The van der Waals surface area contributed by atoms with Gasteiger partial charge >= 0.3 is 0 Å². The lowest BCUT2D eigenvalue weighted by Crippen LogP contribution is -2.00. The van der Waals surface area contributed by atoms with Crippen LogP contribution in [0.1, 0.15) is 0 Å². The van der Waals surface area contributed by atoms with Crippen LogP contribution in [0.2, 0.25) is 0 Å². The van der Waals surface area contributed by atoms with Gasteiger partial charge in [-0.25, -0.2) is 15.0 Å². The molecule has 14 rings (SSSR count). The lowest BCUT2D eigenvalue weighted by molar-refractivity contribution is 0.668. The van der Waals surface area contributed by atoms with Gasteiger partial charge in [0, 0.05) is 54.7 Å². The van der Waals surface area contributed by atoms with E-state index in [0.717, 1.165) is 82.8 Å². The number of rotatable bonds is 5. The van der Waals surface area contributed by atoms with Crippen molar-refractivity contribution in [1.29, 1.82) is 0 Å². The van der Waals surface area contributed by atoms with E-state index in [9.17, 15) is 0 Å². The Morgan fingerprint density at radius 3 is 1.68 bits per heavy atom. The molecule has 0 fully saturated rings. The highest BCUT2D eigenvalue weighted by Crippen LogP contribution is 2.41. The van der Waals surface area contributed by atoms with Crippen LogP contribution in [0.3, 0.4) is 0 Å². The van der Waals surface area contributed by atoms with E-state index in [4.69, 9.17) is 23.8 Å². The fourth-order valence-corrected chi connectivity index (χ4v) is 9.98. The van der Waals surface area contributed by atoms with E-state index < -0.39 is 0 Å². The second kappa shape index (κ2) is 13.8. The Kier molecular flexibility index (Phi) is 7.59. The number of benzene rings is 10. The van der Waals surface area contributed by atoms with Crippen molar-refractivity contribution < 1.29 is 8.83 Å². The zero-order chi connectivity index (χ0) is 42.6. The molecule has 0 N–H and O–H groups in total. The first kappa shape index (κ1) is 35.7. The maximum atomic E-state index is 6.70. The number of hydrogen-bond donors (Lipinski definition) is 0. The van der Waals surface area contributed by atoms with Crippen LogP contribution in [0.4, 0.5) is 0 Å². The van der Waals surface area contributed by atoms with Crippen molar-refractivity contribution in [2.45, 2.75) is 0 Å². The molecule has 0 saturated heterocycles. The van der Waals surface area contributed by atoms with E-state index in [0.29, 0.717) is 17.5 Å². The SMILES string of the molecule is c1ccc(-n2c3ccccc3c3cc(-c4cccc5oc6cc(-c7nc(-c8ccc9c(ccc%10ccccc%109)c8)nc(-c8ccc9c(c8)oc8ccccc89)n7)ccc6c45)ccc32)cc1. The molecule has 6 heteroatoms. The zero-order valence-electron chi connectivity index (χ0n) is 34.7. The van der Waals surface area contributed by atoms with Crippen LogP contribution >= 0.6 is 0 Å².